The standard InChI is InChI=1S/C7H8F3NOS/c1-2-6(12,7(8,9)10)5-3-11-4-13-5/h3-4,12H,2H2,1H3/t6-/m0/s1. The van der Waals surface area contributed by atoms with Crippen molar-refractivity contribution in [3.8, 4) is 0 Å². The molecule has 0 saturated heterocycles. The molecule has 1 N–H and O–H groups in total. The lowest BCUT2D eigenvalue weighted by Crippen LogP contribution is -2.40. The third-order valence-corrected chi connectivity index (χ3v) is 2.74. The average molecular weight is 211 g/mol. The predicted molar refractivity (Wildman–Crippen MR) is 42.4 cm³/mol. The molecule has 0 bridgehead atoms. The van der Waals surface area contributed by atoms with Crippen LogP contribution in [0, 0.1) is 0 Å². The second-order valence-electron chi connectivity index (χ2n) is 2.58. The Morgan fingerprint density at radius 1 is 1.54 bits per heavy atom. The van der Waals surface area contributed by atoms with Crippen LogP contribution < -0.4 is 0 Å². The number of halogens is 3. The molecule has 0 amide bonds. The summed E-state index contributed by atoms with van der Waals surface area (Å²) in [5.74, 6) is 0. The molecular weight excluding hydrogens is 203 g/mol. The van der Waals surface area contributed by atoms with Gasteiger partial charge in [-0.2, -0.15) is 13.2 Å². The molecule has 0 saturated carbocycles. The Balaban J connectivity index is 3.09. The molecule has 13 heavy (non-hydrogen) atoms. The Hall–Kier alpha value is -0.620. The molecule has 6 heteroatoms. The maximum Gasteiger partial charge on any atom is 0.422 e. The van der Waals surface area contributed by atoms with Gasteiger partial charge in [0.15, 0.2) is 5.60 Å². The maximum absolute atomic E-state index is 12.4. The molecule has 1 atom stereocenters. The van der Waals surface area contributed by atoms with Gasteiger partial charge in [0.1, 0.15) is 0 Å². The minimum atomic E-state index is -4.64. The summed E-state index contributed by atoms with van der Waals surface area (Å²) in [6, 6.07) is 0. The molecule has 0 fully saturated rings. The molecule has 1 rings (SSSR count). The van der Waals surface area contributed by atoms with Crippen LogP contribution in [-0.4, -0.2) is 16.3 Å². The van der Waals surface area contributed by atoms with Gasteiger partial charge in [0.2, 0.25) is 0 Å². The highest BCUT2D eigenvalue weighted by Gasteiger charge is 2.54. The van der Waals surface area contributed by atoms with Gasteiger partial charge in [0.05, 0.1) is 10.4 Å². The van der Waals surface area contributed by atoms with Crippen LogP contribution in [0.4, 0.5) is 13.2 Å². The van der Waals surface area contributed by atoms with Crippen LogP contribution in [0.5, 0.6) is 0 Å². The van der Waals surface area contributed by atoms with Crippen LogP contribution in [0.2, 0.25) is 0 Å². The van der Waals surface area contributed by atoms with Gasteiger partial charge in [-0.15, -0.1) is 11.3 Å². The van der Waals surface area contributed by atoms with E-state index in [1.807, 2.05) is 0 Å². The number of hydrogen-bond acceptors (Lipinski definition) is 3. The van der Waals surface area contributed by atoms with E-state index in [0.29, 0.717) is 0 Å². The fraction of sp³-hybridized carbons (Fsp3) is 0.571. The summed E-state index contributed by atoms with van der Waals surface area (Å²) in [5.41, 5.74) is -1.48. The number of nitrogens with zero attached hydrogens (tertiary/aromatic N) is 1. The number of rotatable bonds is 2. The Morgan fingerprint density at radius 3 is 2.46 bits per heavy atom. The van der Waals surface area contributed by atoms with Crippen LogP contribution >= 0.6 is 11.3 Å². The SMILES string of the molecule is CC[C@](O)(c1cncs1)C(F)(F)F. The van der Waals surface area contributed by atoms with Crippen molar-refractivity contribution in [2.75, 3.05) is 0 Å². The molecule has 0 aromatic carbocycles. The molecule has 0 aliphatic carbocycles. The molecule has 0 radical (unpaired) electrons. The van der Waals surface area contributed by atoms with Crippen molar-refractivity contribution < 1.29 is 18.3 Å². The summed E-state index contributed by atoms with van der Waals surface area (Å²) < 4.78 is 37.2. The average Bonchev–Trinajstić information content (AvgIpc) is 2.52. The van der Waals surface area contributed by atoms with Crippen LogP contribution in [0.1, 0.15) is 18.2 Å². The first-order valence-electron chi connectivity index (χ1n) is 3.60. The molecule has 0 unspecified atom stereocenters. The van der Waals surface area contributed by atoms with E-state index in [2.05, 4.69) is 4.98 Å². The third kappa shape index (κ3) is 1.68. The van der Waals surface area contributed by atoms with E-state index in [1.54, 1.807) is 0 Å². The Labute approximate surface area is 77.0 Å². The first-order valence-corrected chi connectivity index (χ1v) is 4.48. The van der Waals surface area contributed by atoms with E-state index in [9.17, 15) is 18.3 Å². The van der Waals surface area contributed by atoms with E-state index in [1.165, 1.54) is 12.4 Å². The van der Waals surface area contributed by atoms with Crippen molar-refractivity contribution >= 4 is 11.3 Å². The summed E-state index contributed by atoms with van der Waals surface area (Å²) in [5, 5.41) is 9.36. The van der Waals surface area contributed by atoms with Crippen molar-refractivity contribution in [2.24, 2.45) is 0 Å². The second-order valence-corrected chi connectivity index (χ2v) is 3.46. The van der Waals surface area contributed by atoms with Crippen molar-refractivity contribution in [3.63, 3.8) is 0 Å². The van der Waals surface area contributed by atoms with E-state index < -0.39 is 18.2 Å². The van der Waals surface area contributed by atoms with Crippen molar-refractivity contribution in [2.45, 2.75) is 25.1 Å². The van der Waals surface area contributed by atoms with Gasteiger partial charge in [-0.25, -0.2) is 0 Å². The highest BCUT2D eigenvalue weighted by Crippen LogP contribution is 2.42. The van der Waals surface area contributed by atoms with Gasteiger partial charge in [0.25, 0.3) is 0 Å². The maximum atomic E-state index is 12.4. The Morgan fingerprint density at radius 2 is 2.15 bits per heavy atom. The van der Waals surface area contributed by atoms with Gasteiger partial charge in [-0.3, -0.25) is 4.98 Å². The van der Waals surface area contributed by atoms with Gasteiger partial charge in [-0.05, 0) is 6.42 Å². The number of aliphatic hydroxyl groups is 1. The first kappa shape index (κ1) is 10.5. The Bertz CT molecular complexity index is 272. The predicted octanol–water partition coefficient (Wildman–Crippen LogP) is 2.30. The van der Waals surface area contributed by atoms with E-state index in [-0.39, 0.29) is 4.88 Å². The van der Waals surface area contributed by atoms with Crippen molar-refractivity contribution in [3.05, 3.63) is 16.6 Å². The van der Waals surface area contributed by atoms with Crippen LogP contribution in [0.15, 0.2) is 11.7 Å². The van der Waals surface area contributed by atoms with Gasteiger partial charge >= 0.3 is 6.18 Å². The Kier molecular flexibility index (Phi) is 2.63. The quantitative estimate of drug-likeness (QED) is 0.814. The summed E-state index contributed by atoms with van der Waals surface area (Å²) in [7, 11) is 0. The fourth-order valence-corrected chi connectivity index (χ4v) is 1.75. The molecule has 0 spiro atoms. The largest absolute Gasteiger partial charge is 0.422 e. The summed E-state index contributed by atoms with van der Waals surface area (Å²) in [4.78, 5) is 3.34. The fourth-order valence-electron chi connectivity index (χ4n) is 0.934. The monoisotopic (exact) mass is 211 g/mol. The van der Waals surface area contributed by atoms with Crippen molar-refractivity contribution in [1.29, 1.82) is 0 Å². The lowest BCUT2D eigenvalue weighted by atomic mass is 9.99. The second kappa shape index (κ2) is 3.26. The molecule has 0 aliphatic heterocycles. The van der Waals surface area contributed by atoms with Crippen LogP contribution in [-0.2, 0) is 5.60 Å². The minimum Gasteiger partial charge on any atom is -0.376 e. The normalized spacial score (nSPS) is 17.0. The number of alkyl halides is 3. The number of thiazole rings is 1. The molecule has 1 heterocycles. The molecule has 1 aromatic heterocycles. The molecule has 2 nitrogen and oxygen atoms in total. The lowest BCUT2D eigenvalue weighted by molar-refractivity contribution is -0.266. The van der Waals surface area contributed by atoms with Crippen molar-refractivity contribution in [1.82, 2.24) is 4.98 Å². The van der Waals surface area contributed by atoms with E-state index >= 15 is 0 Å². The highest BCUT2D eigenvalue weighted by atomic mass is 32.1. The smallest absolute Gasteiger partial charge is 0.376 e. The molecular formula is C7H8F3NOS. The zero-order chi connectivity index (χ0) is 10.1. The van der Waals surface area contributed by atoms with Gasteiger partial charge in [-0.1, -0.05) is 6.92 Å². The molecule has 1 aromatic rings. The summed E-state index contributed by atoms with van der Waals surface area (Å²) in [6.45, 7) is 1.28. The topological polar surface area (TPSA) is 33.1 Å². The lowest BCUT2D eigenvalue weighted by Gasteiger charge is -2.27. The third-order valence-electron chi connectivity index (χ3n) is 1.82. The minimum absolute atomic E-state index is 0.164. The highest BCUT2D eigenvalue weighted by molar-refractivity contribution is 7.09. The van der Waals surface area contributed by atoms with Gasteiger partial charge < -0.3 is 5.11 Å². The van der Waals surface area contributed by atoms with Gasteiger partial charge in [0, 0.05) is 6.20 Å². The summed E-state index contributed by atoms with van der Waals surface area (Å²) >= 11 is 0.800. The zero-order valence-electron chi connectivity index (χ0n) is 6.80. The zero-order valence-corrected chi connectivity index (χ0v) is 7.61. The molecule has 74 valence electrons. The first-order chi connectivity index (χ1) is 5.92. The van der Waals surface area contributed by atoms with E-state index in [0.717, 1.165) is 17.5 Å². The van der Waals surface area contributed by atoms with E-state index in [4.69, 9.17) is 0 Å². The summed E-state index contributed by atoms with van der Waals surface area (Å²) in [6.07, 6.45) is -4.01. The molecule has 0 aliphatic rings. The van der Waals surface area contributed by atoms with Crippen LogP contribution in [0.25, 0.3) is 0 Å². The van der Waals surface area contributed by atoms with Crippen LogP contribution in [0.3, 0.4) is 0 Å². The number of aromatic nitrogens is 1. The number of hydrogen-bond donors (Lipinski definition) is 1.